The third-order valence-electron chi connectivity index (χ3n) is 4.64. The van der Waals surface area contributed by atoms with Crippen LogP contribution in [-0.4, -0.2) is 43.4 Å². The van der Waals surface area contributed by atoms with E-state index in [-0.39, 0.29) is 11.9 Å². The maximum absolute atomic E-state index is 12.1. The first-order valence-corrected chi connectivity index (χ1v) is 8.42. The van der Waals surface area contributed by atoms with Crippen LogP contribution in [0.5, 0.6) is 0 Å². The molecule has 1 aliphatic rings. The van der Waals surface area contributed by atoms with E-state index in [1.807, 2.05) is 35.2 Å². The lowest BCUT2D eigenvalue weighted by molar-refractivity contribution is -0.127. The number of fused-ring (bicyclic) bond motifs is 1. The zero-order chi connectivity index (χ0) is 17.2. The highest BCUT2D eigenvalue weighted by Crippen LogP contribution is 2.31. The van der Waals surface area contributed by atoms with E-state index >= 15 is 0 Å². The number of piperidine rings is 1. The van der Waals surface area contributed by atoms with Crippen LogP contribution in [0.3, 0.4) is 0 Å². The number of aromatic nitrogens is 4. The van der Waals surface area contributed by atoms with Crippen LogP contribution in [0.2, 0.25) is 0 Å². The molecule has 1 saturated heterocycles. The third kappa shape index (κ3) is 2.80. The molecule has 2 aromatic heterocycles. The van der Waals surface area contributed by atoms with Gasteiger partial charge in [-0.3, -0.25) is 4.79 Å². The summed E-state index contributed by atoms with van der Waals surface area (Å²) >= 11 is 0. The van der Waals surface area contributed by atoms with E-state index in [0.717, 1.165) is 41.9 Å². The van der Waals surface area contributed by atoms with Gasteiger partial charge < -0.3 is 9.47 Å². The summed E-state index contributed by atoms with van der Waals surface area (Å²) in [4.78, 5) is 27.2. The van der Waals surface area contributed by atoms with Gasteiger partial charge in [0, 0.05) is 18.7 Å². The smallest absolute Gasteiger partial charge is 0.246 e. The Hall–Kier alpha value is -3.02. The lowest BCUT2D eigenvalue weighted by Gasteiger charge is -2.33. The van der Waals surface area contributed by atoms with Crippen LogP contribution in [0.1, 0.15) is 18.9 Å². The molecule has 1 aliphatic heterocycles. The van der Waals surface area contributed by atoms with Gasteiger partial charge in [-0.15, -0.1) is 0 Å². The Labute approximate surface area is 145 Å². The highest BCUT2D eigenvalue weighted by Gasteiger charge is 2.27. The fraction of sp³-hybridized carbons (Fsp3) is 0.263. The minimum Gasteiger partial charge on any atom is -0.337 e. The van der Waals surface area contributed by atoms with Crippen molar-refractivity contribution in [3.63, 3.8) is 0 Å². The number of hydrogen-bond acceptors (Lipinski definition) is 4. The molecule has 0 radical (unpaired) electrons. The molecule has 1 fully saturated rings. The zero-order valence-corrected chi connectivity index (χ0v) is 13.9. The van der Waals surface area contributed by atoms with E-state index in [4.69, 9.17) is 4.98 Å². The summed E-state index contributed by atoms with van der Waals surface area (Å²) in [6, 6.07) is 10.2. The van der Waals surface area contributed by atoms with Crippen LogP contribution in [0.4, 0.5) is 0 Å². The van der Waals surface area contributed by atoms with E-state index in [9.17, 15) is 4.79 Å². The number of benzene rings is 1. The summed E-state index contributed by atoms with van der Waals surface area (Å²) in [6.45, 7) is 5.01. The lowest BCUT2D eigenvalue weighted by atomic mass is 10.0. The first kappa shape index (κ1) is 15.5. The zero-order valence-electron chi connectivity index (χ0n) is 13.9. The fourth-order valence-electron chi connectivity index (χ4n) is 3.48. The van der Waals surface area contributed by atoms with E-state index in [1.54, 1.807) is 12.5 Å². The van der Waals surface area contributed by atoms with Crippen LogP contribution >= 0.6 is 0 Å². The molecule has 0 bridgehead atoms. The Kier molecular flexibility index (Phi) is 4.01. The van der Waals surface area contributed by atoms with Gasteiger partial charge in [0.2, 0.25) is 5.91 Å². The van der Waals surface area contributed by atoms with Gasteiger partial charge in [0.05, 0.1) is 12.2 Å². The highest BCUT2D eigenvalue weighted by molar-refractivity contribution is 5.87. The van der Waals surface area contributed by atoms with Crippen molar-refractivity contribution in [1.82, 2.24) is 24.4 Å². The quantitative estimate of drug-likeness (QED) is 0.692. The van der Waals surface area contributed by atoms with Gasteiger partial charge in [0.25, 0.3) is 0 Å². The topological polar surface area (TPSA) is 63.9 Å². The number of imidazole rings is 1. The van der Waals surface area contributed by atoms with Crippen LogP contribution in [0.15, 0.2) is 55.5 Å². The number of carbonyl (C=O) groups excluding carboxylic acids is 1. The van der Waals surface area contributed by atoms with Crippen molar-refractivity contribution in [2.75, 3.05) is 13.1 Å². The van der Waals surface area contributed by atoms with Gasteiger partial charge in [-0.1, -0.05) is 36.9 Å². The standard InChI is InChI=1S/C19H19N5O/c1-2-17(25)23-10-6-9-15(12-23)24-18(14-7-4-3-5-8-14)22-16-11-20-13-21-19(16)24/h2-5,7-8,11,13,15H,1,6,9-10,12H2. The van der Waals surface area contributed by atoms with Crippen LogP contribution < -0.4 is 0 Å². The van der Waals surface area contributed by atoms with E-state index in [2.05, 4.69) is 21.1 Å². The number of carbonyl (C=O) groups is 1. The molecule has 0 N–H and O–H groups in total. The highest BCUT2D eigenvalue weighted by atomic mass is 16.2. The maximum Gasteiger partial charge on any atom is 0.246 e. The number of likely N-dealkylation sites (tertiary alicyclic amines) is 1. The molecule has 0 spiro atoms. The molecule has 0 saturated carbocycles. The normalized spacial score (nSPS) is 17.6. The summed E-state index contributed by atoms with van der Waals surface area (Å²) in [5.41, 5.74) is 2.62. The second-order valence-electron chi connectivity index (χ2n) is 6.19. The van der Waals surface area contributed by atoms with Gasteiger partial charge in [0.1, 0.15) is 17.7 Å². The molecular weight excluding hydrogens is 314 g/mol. The molecule has 126 valence electrons. The van der Waals surface area contributed by atoms with Crippen LogP contribution in [-0.2, 0) is 4.79 Å². The molecule has 3 aromatic rings. The van der Waals surface area contributed by atoms with Crippen molar-refractivity contribution in [1.29, 1.82) is 0 Å². The average Bonchev–Trinajstić information content (AvgIpc) is 3.07. The first-order valence-electron chi connectivity index (χ1n) is 8.42. The van der Waals surface area contributed by atoms with Crippen LogP contribution in [0.25, 0.3) is 22.6 Å². The summed E-state index contributed by atoms with van der Waals surface area (Å²) in [6.07, 6.45) is 6.60. The lowest BCUT2D eigenvalue weighted by Crippen LogP contribution is -2.40. The largest absolute Gasteiger partial charge is 0.337 e. The summed E-state index contributed by atoms with van der Waals surface area (Å²) < 4.78 is 2.16. The van der Waals surface area contributed by atoms with Crippen molar-refractivity contribution in [3.05, 3.63) is 55.5 Å². The van der Waals surface area contributed by atoms with Crippen molar-refractivity contribution < 1.29 is 4.79 Å². The molecule has 1 amide bonds. The minimum atomic E-state index is -0.0231. The SMILES string of the molecule is C=CC(=O)N1CCCC(n2c(-c3ccccc3)nc3cncnc32)C1. The molecule has 6 nitrogen and oxygen atoms in total. The molecule has 4 rings (SSSR count). The molecule has 25 heavy (non-hydrogen) atoms. The van der Waals surface area contributed by atoms with Gasteiger partial charge in [-0.2, -0.15) is 0 Å². The van der Waals surface area contributed by atoms with E-state index in [0.29, 0.717) is 6.54 Å². The Balaban J connectivity index is 1.82. The summed E-state index contributed by atoms with van der Waals surface area (Å²) in [5.74, 6) is 0.846. The maximum atomic E-state index is 12.1. The molecule has 1 aromatic carbocycles. The second kappa shape index (κ2) is 6.47. The fourth-order valence-corrected chi connectivity index (χ4v) is 3.48. The van der Waals surface area contributed by atoms with Crippen molar-refractivity contribution in [2.24, 2.45) is 0 Å². The molecule has 0 aliphatic carbocycles. The summed E-state index contributed by atoms with van der Waals surface area (Å²) in [5, 5.41) is 0. The van der Waals surface area contributed by atoms with Crippen molar-refractivity contribution in [2.45, 2.75) is 18.9 Å². The number of rotatable bonds is 3. The number of hydrogen-bond donors (Lipinski definition) is 0. The monoisotopic (exact) mass is 333 g/mol. The van der Waals surface area contributed by atoms with Crippen molar-refractivity contribution >= 4 is 17.1 Å². The summed E-state index contributed by atoms with van der Waals surface area (Å²) in [7, 11) is 0. The Bertz CT molecular complexity index is 918. The van der Waals surface area contributed by atoms with Crippen molar-refractivity contribution in [3.8, 4) is 11.4 Å². The van der Waals surface area contributed by atoms with Gasteiger partial charge >= 0.3 is 0 Å². The minimum absolute atomic E-state index is 0.0231. The molecule has 6 heteroatoms. The Morgan fingerprint density at radius 2 is 2.12 bits per heavy atom. The molecule has 1 atom stereocenters. The van der Waals surface area contributed by atoms with Crippen LogP contribution in [0, 0.1) is 0 Å². The predicted octanol–water partition coefficient (Wildman–Crippen LogP) is 2.84. The number of amides is 1. The predicted molar refractivity (Wildman–Crippen MR) is 95.8 cm³/mol. The van der Waals surface area contributed by atoms with Gasteiger partial charge in [-0.25, -0.2) is 15.0 Å². The van der Waals surface area contributed by atoms with E-state index in [1.165, 1.54) is 6.08 Å². The Morgan fingerprint density at radius 1 is 1.28 bits per heavy atom. The van der Waals surface area contributed by atoms with Gasteiger partial charge in [-0.05, 0) is 18.9 Å². The first-order chi connectivity index (χ1) is 12.3. The molecule has 3 heterocycles. The Morgan fingerprint density at radius 3 is 2.92 bits per heavy atom. The third-order valence-corrected chi connectivity index (χ3v) is 4.64. The average molecular weight is 333 g/mol. The molecular formula is C19H19N5O. The molecule has 1 unspecified atom stereocenters. The van der Waals surface area contributed by atoms with E-state index < -0.39 is 0 Å². The number of nitrogens with zero attached hydrogens (tertiary/aromatic N) is 5. The second-order valence-corrected chi connectivity index (χ2v) is 6.19. The van der Waals surface area contributed by atoms with Gasteiger partial charge in [0.15, 0.2) is 5.65 Å².